The number of carbonyl (C=O) groups is 1. The molecular weight excluding hydrogens is 434 g/mol. The Morgan fingerprint density at radius 3 is 2.59 bits per heavy atom. The van der Waals surface area contributed by atoms with Crippen LogP contribution in [0.1, 0.15) is 11.1 Å². The van der Waals surface area contributed by atoms with Crippen molar-refractivity contribution in [2.75, 3.05) is 21.2 Å². The quantitative estimate of drug-likeness (QED) is 0.473. The minimum atomic E-state index is -3.54. The van der Waals surface area contributed by atoms with Gasteiger partial charge in [-0.05, 0) is 42.0 Å². The zero-order valence-electron chi connectivity index (χ0n) is 15.2. The lowest BCUT2D eigenvalue weighted by Gasteiger charge is -2.12. The highest BCUT2D eigenvalue weighted by Gasteiger charge is 2.17. The van der Waals surface area contributed by atoms with Gasteiger partial charge in [0.1, 0.15) is 12.4 Å². The Morgan fingerprint density at radius 2 is 1.93 bits per heavy atom. The highest BCUT2D eigenvalue weighted by molar-refractivity contribution is 9.10. The molecular formula is C19H20BrNO5S. The first kappa shape index (κ1) is 21.1. The zero-order valence-corrected chi connectivity index (χ0v) is 17.6. The van der Waals surface area contributed by atoms with Crippen molar-refractivity contribution in [1.82, 2.24) is 4.31 Å². The van der Waals surface area contributed by atoms with Crippen LogP contribution in [0.5, 0.6) is 5.75 Å². The van der Waals surface area contributed by atoms with Gasteiger partial charge in [0.2, 0.25) is 10.0 Å². The largest absolute Gasteiger partial charge is 0.496 e. The monoisotopic (exact) mass is 453 g/mol. The van der Waals surface area contributed by atoms with Crippen LogP contribution in [0.4, 0.5) is 0 Å². The second kappa shape index (κ2) is 9.16. The number of halogens is 1. The molecule has 0 aliphatic rings. The Hall–Kier alpha value is -2.16. The van der Waals surface area contributed by atoms with Gasteiger partial charge in [-0.25, -0.2) is 17.5 Å². The summed E-state index contributed by atoms with van der Waals surface area (Å²) >= 11 is 3.37. The Morgan fingerprint density at radius 1 is 1.19 bits per heavy atom. The van der Waals surface area contributed by atoms with Crippen LogP contribution < -0.4 is 4.74 Å². The number of rotatable bonds is 7. The lowest BCUT2D eigenvalue weighted by molar-refractivity contribution is -0.138. The Bertz CT molecular complexity index is 954. The average Bonchev–Trinajstić information content (AvgIpc) is 2.65. The number of benzene rings is 2. The first-order valence-electron chi connectivity index (χ1n) is 7.94. The lowest BCUT2D eigenvalue weighted by Crippen LogP contribution is -2.22. The number of methoxy groups -OCH3 is 1. The third-order valence-corrected chi connectivity index (χ3v) is 5.95. The molecule has 0 saturated heterocycles. The van der Waals surface area contributed by atoms with Crippen LogP contribution in [-0.4, -0.2) is 39.9 Å². The van der Waals surface area contributed by atoms with Gasteiger partial charge in [-0.3, -0.25) is 0 Å². The van der Waals surface area contributed by atoms with Crippen LogP contribution in [0.25, 0.3) is 6.08 Å². The Labute approximate surface area is 167 Å². The smallest absolute Gasteiger partial charge is 0.331 e. The molecule has 6 nitrogen and oxygen atoms in total. The molecule has 2 aromatic carbocycles. The molecule has 27 heavy (non-hydrogen) atoms. The highest BCUT2D eigenvalue weighted by Crippen LogP contribution is 2.24. The van der Waals surface area contributed by atoms with Crippen molar-refractivity contribution in [1.29, 1.82) is 0 Å². The molecule has 0 amide bonds. The maximum atomic E-state index is 12.2. The van der Waals surface area contributed by atoms with Crippen molar-refractivity contribution < 1.29 is 22.7 Å². The lowest BCUT2D eigenvalue weighted by atomic mass is 10.2. The molecule has 0 aliphatic carbocycles. The number of ether oxygens (including phenoxy) is 2. The summed E-state index contributed by atoms with van der Waals surface area (Å²) in [6.07, 6.45) is 2.89. The first-order chi connectivity index (χ1) is 12.7. The fraction of sp³-hybridized carbons (Fsp3) is 0.211. The van der Waals surface area contributed by atoms with Gasteiger partial charge in [0.25, 0.3) is 0 Å². The predicted molar refractivity (Wildman–Crippen MR) is 107 cm³/mol. The van der Waals surface area contributed by atoms with Crippen molar-refractivity contribution in [2.45, 2.75) is 11.5 Å². The molecule has 0 saturated carbocycles. The standard InChI is InChI=1S/C19H20BrNO5S/c1-21(2)27(23,24)17-6-4-5-14(11-17)13-26-19(22)10-7-15-12-16(20)8-9-18(15)25-3/h4-12H,13H2,1-3H3/b10-7+. The molecule has 0 N–H and O–H groups in total. The molecule has 0 radical (unpaired) electrons. The van der Waals surface area contributed by atoms with Crippen molar-refractivity contribution in [2.24, 2.45) is 0 Å². The number of hydrogen-bond donors (Lipinski definition) is 0. The maximum Gasteiger partial charge on any atom is 0.331 e. The van der Waals surface area contributed by atoms with E-state index in [1.165, 1.54) is 32.3 Å². The predicted octanol–water partition coefficient (Wildman–Crippen LogP) is 3.46. The van der Waals surface area contributed by atoms with E-state index in [-0.39, 0.29) is 11.5 Å². The molecule has 0 atom stereocenters. The number of hydrogen-bond acceptors (Lipinski definition) is 5. The Kier molecular flexibility index (Phi) is 7.18. The third kappa shape index (κ3) is 5.66. The van der Waals surface area contributed by atoms with Crippen LogP contribution in [0, 0.1) is 0 Å². The maximum absolute atomic E-state index is 12.2. The topological polar surface area (TPSA) is 72.9 Å². The zero-order chi connectivity index (χ0) is 20.0. The van der Waals surface area contributed by atoms with Crippen LogP contribution >= 0.6 is 15.9 Å². The second-order valence-electron chi connectivity index (χ2n) is 5.76. The molecule has 0 aromatic heterocycles. The van der Waals surface area contributed by atoms with E-state index in [2.05, 4.69) is 15.9 Å². The fourth-order valence-corrected chi connectivity index (χ4v) is 3.55. The van der Waals surface area contributed by atoms with Gasteiger partial charge in [-0.2, -0.15) is 0 Å². The summed E-state index contributed by atoms with van der Waals surface area (Å²) in [5.74, 6) is 0.0849. The van der Waals surface area contributed by atoms with Crippen molar-refractivity contribution in [3.8, 4) is 5.75 Å². The molecule has 0 fully saturated rings. The summed E-state index contributed by atoms with van der Waals surface area (Å²) in [5, 5.41) is 0. The molecule has 0 aliphatic heterocycles. The molecule has 0 heterocycles. The van der Waals surface area contributed by atoms with E-state index in [9.17, 15) is 13.2 Å². The number of esters is 1. The van der Waals surface area contributed by atoms with Gasteiger partial charge >= 0.3 is 5.97 Å². The molecule has 144 valence electrons. The van der Waals surface area contributed by atoms with Crippen molar-refractivity contribution in [3.05, 3.63) is 64.1 Å². The summed E-state index contributed by atoms with van der Waals surface area (Å²) in [7, 11) is 0.936. The normalized spacial score (nSPS) is 11.7. The number of sulfonamides is 1. The van der Waals surface area contributed by atoms with E-state index in [0.717, 1.165) is 14.3 Å². The fourth-order valence-electron chi connectivity index (χ4n) is 2.20. The highest BCUT2D eigenvalue weighted by atomic mass is 79.9. The SMILES string of the molecule is COc1ccc(Br)cc1/C=C/C(=O)OCc1cccc(S(=O)(=O)N(C)C)c1. The van der Waals surface area contributed by atoms with Crippen LogP contribution in [0.15, 0.2) is 57.9 Å². The average molecular weight is 454 g/mol. The van der Waals surface area contributed by atoms with E-state index in [4.69, 9.17) is 9.47 Å². The minimum absolute atomic E-state index is 0.0322. The summed E-state index contributed by atoms with van der Waals surface area (Å²) in [6, 6.07) is 11.7. The number of nitrogens with zero attached hydrogens (tertiary/aromatic N) is 1. The van der Waals surface area contributed by atoms with Crippen LogP contribution in [0.2, 0.25) is 0 Å². The molecule has 0 bridgehead atoms. The molecule has 2 rings (SSSR count). The minimum Gasteiger partial charge on any atom is -0.496 e. The van der Waals surface area contributed by atoms with Gasteiger partial charge in [0, 0.05) is 30.2 Å². The van der Waals surface area contributed by atoms with E-state index >= 15 is 0 Å². The van der Waals surface area contributed by atoms with E-state index in [1.807, 2.05) is 12.1 Å². The van der Waals surface area contributed by atoms with E-state index in [1.54, 1.807) is 31.4 Å². The molecule has 0 unspecified atom stereocenters. The molecule has 8 heteroatoms. The molecule has 2 aromatic rings. The Balaban J connectivity index is 2.05. The van der Waals surface area contributed by atoms with E-state index in [0.29, 0.717) is 11.3 Å². The summed E-state index contributed by atoms with van der Waals surface area (Å²) in [5.41, 5.74) is 1.31. The summed E-state index contributed by atoms with van der Waals surface area (Å²) < 4.78 is 36.7. The van der Waals surface area contributed by atoms with E-state index < -0.39 is 16.0 Å². The summed E-state index contributed by atoms with van der Waals surface area (Å²) in [6.45, 7) is -0.0322. The van der Waals surface area contributed by atoms with Gasteiger partial charge in [0.05, 0.1) is 12.0 Å². The van der Waals surface area contributed by atoms with Gasteiger partial charge < -0.3 is 9.47 Å². The van der Waals surface area contributed by atoms with Crippen molar-refractivity contribution >= 4 is 38.0 Å². The second-order valence-corrected chi connectivity index (χ2v) is 8.83. The van der Waals surface area contributed by atoms with Gasteiger partial charge in [-0.15, -0.1) is 0 Å². The number of carbonyl (C=O) groups excluding carboxylic acids is 1. The van der Waals surface area contributed by atoms with Gasteiger partial charge in [0.15, 0.2) is 0 Å². The van der Waals surface area contributed by atoms with Gasteiger partial charge in [-0.1, -0.05) is 28.1 Å². The summed E-state index contributed by atoms with van der Waals surface area (Å²) in [4.78, 5) is 12.1. The van der Waals surface area contributed by atoms with Crippen molar-refractivity contribution in [3.63, 3.8) is 0 Å². The van der Waals surface area contributed by atoms with Crippen LogP contribution in [-0.2, 0) is 26.2 Å². The van der Waals surface area contributed by atoms with Crippen LogP contribution in [0.3, 0.4) is 0 Å². The third-order valence-electron chi connectivity index (χ3n) is 3.65. The first-order valence-corrected chi connectivity index (χ1v) is 10.2. The molecule has 0 spiro atoms.